The molecule has 1 heterocycles. The van der Waals surface area contributed by atoms with Crippen LogP contribution < -0.4 is 0 Å². The summed E-state index contributed by atoms with van der Waals surface area (Å²) in [6.07, 6.45) is 2.53. The lowest BCUT2D eigenvalue weighted by Gasteiger charge is -2.14. The van der Waals surface area contributed by atoms with Crippen LogP contribution in [0.25, 0.3) is 0 Å². The second-order valence-corrected chi connectivity index (χ2v) is 5.52. The summed E-state index contributed by atoms with van der Waals surface area (Å²) in [5, 5.41) is 0. The third-order valence-electron chi connectivity index (χ3n) is 1.88. The van der Waals surface area contributed by atoms with Crippen LogP contribution in [-0.4, -0.2) is 44.9 Å². The standard InChI is InChI=1S/C7H12BrNO2S/c1-12(11)5-4-9-3-2-6(8)7(9)10/h6H,2-5H2,1H3. The Bertz CT molecular complexity index is 210. The quantitative estimate of drug-likeness (QED) is 0.682. The Morgan fingerprint density at radius 2 is 2.42 bits per heavy atom. The molecule has 70 valence electrons. The number of nitrogens with zero attached hydrogens (tertiary/aromatic N) is 1. The third kappa shape index (κ3) is 2.55. The molecule has 1 fully saturated rings. The average molecular weight is 254 g/mol. The fraction of sp³-hybridized carbons (Fsp3) is 0.857. The molecule has 2 unspecified atom stereocenters. The predicted molar refractivity (Wildman–Crippen MR) is 52.8 cm³/mol. The zero-order chi connectivity index (χ0) is 9.14. The van der Waals surface area contributed by atoms with Crippen LogP contribution in [0.3, 0.4) is 0 Å². The summed E-state index contributed by atoms with van der Waals surface area (Å²) in [7, 11) is -0.797. The van der Waals surface area contributed by atoms with E-state index in [1.807, 2.05) is 0 Å². The van der Waals surface area contributed by atoms with Gasteiger partial charge in [0.2, 0.25) is 5.91 Å². The van der Waals surface area contributed by atoms with Crippen LogP contribution in [0, 0.1) is 0 Å². The summed E-state index contributed by atoms with van der Waals surface area (Å²) in [6.45, 7) is 1.43. The van der Waals surface area contributed by atoms with Gasteiger partial charge in [-0.25, -0.2) is 0 Å². The first-order valence-electron chi connectivity index (χ1n) is 3.84. The van der Waals surface area contributed by atoms with Gasteiger partial charge in [-0.15, -0.1) is 0 Å². The van der Waals surface area contributed by atoms with E-state index in [9.17, 15) is 9.00 Å². The molecule has 1 aliphatic heterocycles. The minimum atomic E-state index is -0.797. The number of alkyl halides is 1. The van der Waals surface area contributed by atoms with Crippen molar-refractivity contribution in [2.24, 2.45) is 0 Å². The van der Waals surface area contributed by atoms with Crippen LogP contribution in [0.1, 0.15) is 6.42 Å². The first-order valence-corrected chi connectivity index (χ1v) is 6.48. The molecule has 1 amide bonds. The van der Waals surface area contributed by atoms with Crippen molar-refractivity contribution >= 4 is 32.6 Å². The molecule has 1 rings (SSSR count). The highest BCUT2D eigenvalue weighted by atomic mass is 79.9. The van der Waals surface area contributed by atoms with Crippen molar-refractivity contribution in [2.75, 3.05) is 25.1 Å². The Kier molecular flexibility index (Phi) is 3.71. The van der Waals surface area contributed by atoms with E-state index in [-0.39, 0.29) is 10.7 Å². The van der Waals surface area contributed by atoms with E-state index in [0.717, 1.165) is 13.0 Å². The van der Waals surface area contributed by atoms with E-state index in [0.29, 0.717) is 12.3 Å². The number of carbonyl (C=O) groups excluding carboxylic acids is 1. The van der Waals surface area contributed by atoms with Gasteiger partial charge in [-0.05, 0) is 6.42 Å². The maximum Gasteiger partial charge on any atom is 0.236 e. The summed E-state index contributed by atoms with van der Waals surface area (Å²) in [5.74, 6) is 0.728. The molecule has 0 aromatic heterocycles. The maximum atomic E-state index is 11.3. The molecule has 1 saturated heterocycles. The van der Waals surface area contributed by atoms with Crippen LogP contribution in [-0.2, 0) is 15.6 Å². The maximum absolute atomic E-state index is 11.3. The first kappa shape index (κ1) is 10.2. The summed E-state index contributed by atoms with van der Waals surface area (Å²) in [5.41, 5.74) is 0. The molecule has 5 heteroatoms. The number of hydrogen-bond acceptors (Lipinski definition) is 2. The minimum absolute atomic E-state index is 0.0113. The average Bonchev–Trinajstić information content (AvgIpc) is 2.30. The molecule has 0 bridgehead atoms. The van der Waals surface area contributed by atoms with Gasteiger partial charge in [0, 0.05) is 35.9 Å². The van der Waals surface area contributed by atoms with Gasteiger partial charge in [0.25, 0.3) is 0 Å². The van der Waals surface area contributed by atoms with Crippen LogP contribution in [0.4, 0.5) is 0 Å². The molecule has 0 N–H and O–H groups in total. The highest BCUT2D eigenvalue weighted by Gasteiger charge is 2.28. The van der Waals surface area contributed by atoms with E-state index in [1.54, 1.807) is 11.2 Å². The molecule has 1 aliphatic rings. The van der Waals surface area contributed by atoms with E-state index >= 15 is 0 Å². The first-order chi connectivity index (χ1) is 5.61. The van der Waals surface area contributed by atoms with E-state index < -0.39 is 10.8 Å². The normalized spacial score (nSPS) is 26.3. The number of halogens is 1. The summed E-state index contributed by atoms with van der Waals surface area (Å²) in [4.78, 5) is 13.1. The summed E-state index contributed by atoms with van der Waals surface area (Å²) in [6, 6.07) is 0. The Hall–Kier alpha value is 0.1000. The van der Waals surface area contributed by atoms with Crippen molar-refractivity contribution in [3.63, 3.8) is 0 Å². The Labute approximate surface area is 83.1 Å². The van der Waals surface area contributed by atoms with Crippen molar-refractivity contribution in [3.8, 4) is 0 Å². The Morgan fingerprint density at radius 1 is 1.75 bits per heavy atom. The van der Waals surface area contributed by atoms with Crippen molar-refractivity contribution in [1.29, 1.82) is 0 Å². The van der Waals surface area contributed by atoms with Gasteiger partial charge in [0.15, 0.2) is 0 Å². The zero-order valence-corrected chi connectivity index (χ0v) is 9.36. The monoisotopic (exact) mass is 253 g/mol. The molecular formula is C7H12BrNO2S. The molecule has 12 heavy (non-hydrogen) atoms. The number of rotatable bonds is 3. The van der Waals surface area contributed by atoms with E-state index in [2.05, 4.69) is 15.9 Å². The molecule has 0 spiro atoms. The predicted octanol–water partition coefficient (Wildman–Crippen LogP) is 0.361. The van der Waals surface area contributed by atoms with Gasteiger partial charge in [-0.3, -0.25) is 9.00 Å². The number of amides is 1. The SMILES string of the molecule is CS(=O)CCN1CCC(Br)C1=O. The van der Waals surface area contributed by atoms with Crippen molar-refractivity contribution in [2.45, 2.75) is 11.2 Å². The lowest BCUT2D eigenvalue weighted by molar-refractivity contribution is -0.126. The number of likely N-dealkylation sites (tertiary alicyclic amines) is 1. The number of hydrogen-bond donors (Lipinski definition) is 0. The lowest BCUT2D eigenvalue weighted by Crippen LogP contribution is -2.31. The van der Waals surface area contributed by atoms with Crippen LogP contribution in [0.2, 0.25) is 0 Å². The third-order valence-corrected chi connectivity index (χ3v) is 3.49. The largest absolute Gasteiger partial charge is 0.341 e. The van der Waals surface area contributed by atoms with Crippen LogP contribution in [0.15, 0.2) is 0 Å². The Morgan fingerprint density at radius 3 is 2.83 bits per heavy atom. The number of carbonyl (C=O) groups is 1. The van der Waals surface area contributed by atoms with Crippen LogP contribution in [0.5, 0.6) is 0 Å². The van der Waals surface area contributed by atoms with Crippen molar-refractivity contribution in [1.82, 2.24) is 4.90 Å². The van der Waals surface area contributed by atoms with Gasteiger partial charge in [-0.2, -0.15) is 0 Å². The smallest absolute Gasteiger partial charge is 0.236 e. The fourth-order valence-electron chi connectivity index (χ4n) is 1.16. The van der Waals surface area contributed by atoms with Crippen LogP contribution >= 0.6 is 15.9 Å². The van der Waals surface area contributed by atoms with Gasteiger partial charge in [-0.1, -0.05) is 15.9 Å². The molecule has 0 radical (unpaired) electrons. The van der Waals surface area contributed by atoms with E-state index in [1.165, 1.54) is 0 Å². The van der Waals surface area contributed by atoms with Crippen molar-refractivity contribution < 1.29 is 9.00 Å². The fourth-order valence-corrected chi connectivity index (χ4v) is 2.13. The highest BCUT2D eigenvalue weighted by Crippen LogP contribution is 2.17. The summed E-state index contributed by atoms with van der Waals surface area (Å²) < 4.78 is 10.8. The van der Waals surface area contributed by atoms with Crippen molar-refractivity contribution in [3.05, 3.63) is 0 Å². The molecule has 3 nitrogen and oxygen atoms in total. The minimum Gasteiger partial charge on any atom is -0.341 e. The molecule has 0 aromatic rings. The lowest BCUT2D eigenvalue weighted by atomic mass is 10.4. The second kappa shape index (κ2) is 4.37. The molecule has 0 saturated carbocycles. The zero-order valence-electron chi connectivity index (χ0n) is 6.96. The molecular weight excluding hydrogens is 242 g/mol. The molecule has 2 atom stereocenters. The Balaban J connectivity index is 2.34. The topological polar surface area (TPSA) is 37.4 Å². The molecule has 0 aliphatic carbocycles. The van der Waals surface area contributed by atoms with Gasteiger partial charge in [0.05, 0.1) is 4.83 Å². The molecule has 0 aromatic carbocycles. The van der Waals surface area contributed by atoms with Gasteiger partial charge in [0.1, 0.15) is 0 Å². The highest BCUT2D eigenvalue weighted by molar-refractivity contribution is 9.10. The van der Waals surface area contributed by atoms with Gasteiger partial charge < -0.3 is 4.90 Å². The summed E-state index contributed by atoms with van der Waals surface area (Å²) >= 11 is 3.28. The second-order valence-electron chi connectivity index (χ2n) is 2.86. The van der Waals surface area contributed by atoms with E-state index in [4.69, 9.17) is 0 Å². The van der Waals surface area contributed by atoms with Gasteiger partial charge >= 0.3 is 0 Å².